The summed E-state index contributed by atoms with van der Waals surface area (Å²) in [5, 5.41) is 4.90. The van der Waals surface area contributed by atoms with Gasteiger partial charge in [-0.3, -0.25) is 0 Å². The van der Waals surface area contributed by atoms with Crippen molar-refractivity contribution in [2.45, 2.75) is 26.5 Å². The van der Waals surface area contributed by atoms with Gasteiger partial charge < -0.3 is 15.4 Å². The van der Waals surface area contributed by atoms with Crippen LogP contribution in [-0.4, -0.2) is 18.7 Å². The van der Waals surface area contributed by atoms with Crippen LogP contribution in [0.25, 0.3) is 0 Å². The zero-order chi connectivity index (χ0) is 13.7. The zero-order valence-corrected chi connectivity index (χ0v) is 9.84. The molecular weight excluding hydrogens is 249 g/mol. The fourth-order valence-electron chi connectivity index (χ4n) is 1.20. The van der Waals surface area contributed by atoms with Gasteiger partial charge in [0.1, 0.15) is 0 Å². The van der Waals surface area contributed by atoms with Gasteiger partial charge in [0.2, 0.25) is 0 Å². The molecule has 0 saturated heterocycles. The van der Waals surface area contributed by atoms with Crippen LogP contribution in [-0.2, 0) is 0 Å². The standard InChI is InChI=1S/C11H13F3N2O2/c1-6(2)15-11(17)16-7-3-4-9(8(12)5-7)18-10(13)14/h3-6,10H,1-2H3,(H2,15,16,17). The number of anilines is 1. The highest BCUT2D eigenvalue weighted by Crippen LogP contribution is 2.22. The van der Waals surface area contributed by atoms with E-state index in [9.17, 15) is 18.0 Å². The second-order valence-electron chi connectivity index (χ2n) is 3.78. The van der Waals surface area contributed by atoms with Crippen LogP contribution >= 0.6 is 0 Å². The predicted molar refractivity (Wildman–Crippen MR) is 60.3 cm³/mol. The third-order valence-electron chi connectivity index (χ3n) is 1.83. The van der Waals surface area contributed by atoms with Crippen molar-refractivity contribution in [3.8, 4) is 5.75 Å². The van der Waals surface area contributed by atoms with Gasteiger partial charge >= 0.3 is 12.6 Å². The minimum absolute atomic E-state index is 0.0729. The summed E-state index contributed by atoms with van der Waals surface area (Å²) in [4.78, 5) is 11.3. The fourth-order valence-corrected chi connectivity index (χ4v) is 1.20. The molecule has 0 aromatic heterocycles. The molecule has 18 heavy (non-hydrogen) atoms. The zero-order valence-electron chi connectivity index (χ0n) is 9.84. The van der Waals surface area contributed by atoms with Crippen molar-refractivity contribution in [3.63, 3.8) is 0 Å². The first-order valence-corrected chi connectivity index (χ1v) is 5.20. The molecule has 0 aliphatic heterocycles. The molecule has 0 bridgehead atoms. The van der Waals surface area contributed by atoms with Crippen molar-refractivity contribution in [2.24, 2.45) is 0 Å². The number of hydrogen-bond donors (Lipinski definition) is 2. The summed E-state index contributed by atoms with van der Waals surface area (Å²) in [5.41, 5.74) is 0.146. The number of rotatable bonds is 4. The summed E-state index contributed by atoms with van der Waals surface area (Å²) in [6.45, 7) is 0.432. The Labute approximate surface area is 102 Å². The monoisotopic (exact) mass is 262 g/mol. The topological polar surface area (TPSA) is 50.4 Å². The largest absolute Gasteiger partial charge is 0.432 e. The first kappa shape index (κ1) is 14.1. The number of carbonyl (C=O) groups is 1. The van der Waals surface area contributed by atoms with Gasteiger partial charge in [-0.25, -0.2) is 9.18 Å². The fraction of sp³-hybridized carbons (Fsp3) is 0.364. The van der Waals surface area contributed by atoms with Gasteiger partial charge in [-0.2, -0.15) is 8.78 Å². The maximum Gasteiger partial charge on any atom is 0.387 e. The second kappa shape index (κ2) is 6.13. The highest BCUT2D eigenvalue weighted by atomic mass is 19.3. The van der Waals surface area contributed by atoms with E-state index in [1.165, 1.54) is 6.07 Å². The Kier molecular flexibility index (Phi) is 4.82. The highest BCUT2D eigenvalue weighted by Gasteiger charge is 2.11. The van der Waals surface area contributed by atoms with Gasteiger partial charge in [-0.15, -0.1) is 0 Å². The van der Waals surface area contributed by atoms with E-state index < -0.39 is 24.2 Å². The maximum atomic E-state index is 13.3. The molecule has 4 nitrogen and oxygen atoms in total. The summed E-state index contributed by atoms with van der Waals surface area (Å²) >= 11 is 0. The highest BCUT2D eigenvalue weighted by molar-refractivity contribution is 5.89. The summed E-state index contributed by atoms with van der Waals surface area (Å²) in [5.74, 6) is -1.54. The quantitative estimate of drug-likeness (QED) is 0.876. The summed E-state index contributed by atoms with van der Waals surface area (Å²) in [6.07, 6.45) is 0. The van der Waals surface area contributed by atoms with Gasteiger partial charge in [-0.1, -0.05) is 0 Å². The van der Waals surface area contributed by atoms with Crippen LogP contribution in [0.1, 0.15) is 13.8 Å². The lowest BCUT2D eigenvalue weighted by atomic mass is 10.3. The number of halogens is 3. The van der Waals surface area contributed by atoms with Crippen molar-refractivity contribution in [2.75, 3.05) is 5.32 Å². The molecule has 0 unspecified atom stereocenters. The number of hydrogen-bond acceptors (Lipinski definition) is 2. The minimum atomic E-state index is -3.09. The van der Waals surface area contributed by atoms with Crippen molar-refractivity contribution < 1.29 is 22.7 Å². The van der Waals surface area contributed by atoms with Crippen LogP contribution in [0.15, 0.2) is 18.2 Å². The van der Waals surface area contributed by atoms with Crippen LogP contribution in [0.3, 0.4) is 0 Å². The van der Waals surface area contributed by atoms with E-state index in [1.807, 2.05) is 0 Å². The van der Waals surface area contributed by atoms with Crippen LogP contribution in [0, 0.1) is 5.82 Å². The van der Waals surface area contributed by atoms with Crippen LogP contribution in [0.2, 0.25) is 0 Å². The first-order valence-electron chi connectivity index (χ1n) is 5.20. The van der Waals surface area contributed by atoms with E-state index in [0.717, 1.165) is 12.1 Å². The number of urea groups is 1. The molecule has 100 valence electrons. The number of ether oxygens (including phenoxy) is 1. The van der Waals surface area contributed by atoms with Crippen LogP contribution in [0.5, 0.6) is 5.75 Å². The van der Waals surface area contributed by atoms with Crippen LogP contribution < -0.4 is 15.4 Å². The lowest BCUT2D eigenvalue weighted by Crippen LogP contribution is -2.34. The average molecular weight is 262 g/mol. The Morgan fingerprint density at radius 1 is 1.33 bits per heavy atom. The van der Waals surface area contributed by atoms with E-state index in [2.05, 4.69) is 15.4 Å². The van der Waals surface area contributed by atoms with E-state index in [4.69, 9.17) is 0 Å². The molecule has 0 atom stereocenters. The molecule has 0 saturated carbocycles. The number of amides is 2. The third kappa shape index (κ3) is 4.52. The molecule has 0 radical (unpaired) electrons. The van der Waals surface area contributed by atoms with Crippen molar-refractivity contribution in [1.82, 2.24) is 5.32 Å². The van der Waals surface area contributed by atoms with Crippen molar-refractivity contribution in [3.05, 3.63) is 24.0 Å². The Morgan fingerprint density at radius 3 is 2.50 bits per heavy atom. The van der Waals surface area contributed by atoms with Gasteiger partial charge in [0.05, 0.1) is 0 Å². The van der Waals surface area contributed by atoms with Crippen molar-refractivity contribution in [1.29, 1.82) is 0 Å². The predicted octanol–water partition coefficient (Wildman–Crippen LogP) is 2.96. The number of nitrogens with one attached hydrogen (secondary N) is 2. The molecule has 7 heteroatoms. The number of carbonyl (C=O) groups excluding carboxylic acids is 1. The Hall–Kier alpha value is -1.92. The molecule has 0 fully saturated rings. The average Bonchev–Trinajstić information content (AvgIpc) is 2.20. The van der Waals surface area contributed by atoms with Gasteiger partial charge in [0, 0.05) is 17.8 Å². The van der Waals surface area contributed by atoms with Gasteiger partial charge in [-0.05, 0) is 26.0 Å². The molecule has 0 spiro atoms. The number of alkyl halides is 2. The summed E-state index contributed by atoms with van der Waals surface area (Å²) in [7, 11) is 0. The lowest BCUT2D eigenvalue weighted by Gasteiger charge is -2.11. The van der Waals surface area contributed by atoms with Gasteiger partial charge in [0.25, 0.3) is 0 Å². The lowest BCUT2D eigenvalue weighted by molar-refractivity contribution is -0.0521. The Morgan fingerprint density at radius 2 is 2.00 bits per heavy atom. The molecule has 0 heterocycles. The van der Waals surface area contributed by atoms with Crippen LogP contribution in [0.4, 0.5) is 23.7 Å². The second-order valence-corrected chi connectivity index (χ2v) is 3.78. The van der Waals surface area contributed by atoms with Crippen molar-refractivity contribution >= 4 is 11.7 Å². The molecule has 2 amide bonds. The third-order valence-corrected chi connectivity index (χ3v) is 1.83. The molecular formula is C11H13F3N2O2. The molecule has 1 aromatic carbocycles. The van der Waals surface area contributed by atoms with E-state index in [0.29, 0.717) is 0 Å². The van der Waals surface area contributed by atoms with E-state index in [1.54, 1.807) is 13.8 Å². The van der Waals surface area contributed by atoms with E-state index in [-0.39, 0.29) is 11.7 Å². The normalized spacial score (nSPS) is 10.6. The Bertz CT molecular complexity index is 425. The molecule has 2 N–H and O–H groups in total. The number of benzene rings is 1. The summed E-state index contributed by atoms with van der Waals surface area (Å²) < 4.78 is 41.0. The smallest absolute Gasteiger partial charge is 0.387 e. The van der Waals surface area contributed by atoms with E-state index >= 15 is 0 Å². The van der Waals surface area contributed by atoms with Gasteiger partial charge in [0.15, 0.2) is 11.6 Å². The summed E-state index contributed by atoms with van der Waals surface area (Å²) in [6, 6.07) is 2.60. The molecule has 1 aromatic rings. The molecule has 1 rings (SSSR count). The maximum absolute atomic E-state index is 13.3. The molecule has 0 aliphatic carbocycles. The minimum Gasteiger partial charge on any atom is -0.432 e. The Balaban J connectivity index is 2.69. The first-order chi connectivity index (χ1) is 8.38. The molecule has 0 aliphatic rings. The SMILES string of the molecule is CC(C)NC(=O)Nc1ccc(OC(F)F)c(F)c1.